The van der Waals surface area contributed by atoms with Gasteiger partial charge in [-0.2, -0.15) is 0 Å². The highest BCUT2D eigenvalue weighted by Gasteiger charge is 2.18. The molecule has 0 bridgehead atoms. The zero-order chi connectivity index (χ0) is 20.1. The van der Waals surface area contributed by atoms with Gasteiger partial charge in [0.1, 0.15) is 0 Å². The molecule has 0 aliphatic rings. The maximum Gasteiger partial charge on any atom is 0.356 e. The first kappa shape index (κ1) is 18.5. The van der Waals surface area contributed by atoms with E-state index in [9.17, 15) is 9.59 Å². The number of rotatable bonds is 2. The minimum Gasteiger partial charge on any atom is -0.246 e. The number of aromatic nitrogens is 3. The standard InChI is InChI=1S/C22H20BrN3O2/c1-22(2,3)14-7-6-8-15(13-14)26-21(28)25(20(27)24-26)19-12-11-18(23)16-9-4-5-10-17(16)19/h4-13H,1-3H3,(H,24,27). The molecule has 6 heteroatoms. The minimum atomic E-state index is -0.473. The molecule has 4 rings (SSSR count). The van der Waals surface area contributed by atoms with Crippen LogP contribution in [0.3, 0.4) is 0 Å². The molecular formula is C22H20BrN3O2. The number of hydrogen-bond acceptors (Lipinski definition) is 2. The van der Waals surface area contributed by atoms with Crippen LogP contribution in [0.15, 0.2) is 74.7 Å². The van der Waals surface area contributed by atoms with Crippen molar-refractivity contribution in [2.45, 2.75) is 26.2 Å². The summed E-state index contributed by atoms with van der Waals surface area (Å²) in [4.78, 5) is 25.9. The molecule has 0 spiro atoms. The average Bonchev–Trinajstić information content (AvgIpc) is 2.96. The summed E-state index contributed by atoms with van der Waals surface area (Å²) < 4.78 is 3.39. The Morgan fingerprint density at radius 2 is 1.61 bits per heavy atom. The molecule has 0 saturated heterocycles. The number of aromatic amines is 1. The van der Waals surface area contributed by atoms with Gasteiger partial charge in [-0.05, 0) is 40.6 Å². The van der Waals surface area contributed by atoms with Crippen molar-refractivity contribution in [2.24, 2.45) is 0 Å². The summed E-state index contributed by atoms with van der Waals surface area (Å²) in [5, 5.41) is 4.45. The lowest BCUT2D eigenvalue weighted by Gasteiger charge is -2.19. The Hall–Kier alpha value is -2.86. The molecule has 3 aromatic carbocycles. The van der Waals surface area contributed by atoms with Gasteiger partial charge in [0.05, 0.1) is 11.4 Å². The summed E-state index contributed by atoms with van der Waals surface area (Å²) in [5.41, 5.74) is 1.30. The molecule has 1 heterocycles. The normalized spacial score (nSPS) is 11.9. The Morgan fingerprint density at radius 1 is 0.893 bits per heavy atom. The van der Waals surface area contributed by atoms with E-state index in [-0.39, 0.29) is 5.41 Å². The molecule has 0 saturated carbocycles. The summed E-state index contributed by atoms with van der Waals surface area (Å²) >= 11 is 3.53. The van der Waals surface area contributed by atoms with E-state index in [0.717, 1.165) is 20.8 Å². The fourth-order valence-electron chi connectivity index (χ4n) is 3.32. The summed E-state index contributed by atoms with van der Waals surface area (Å²) in [6.07, 6.45) is 0. The van der Waals surface area contributed by atoms with E-state index in [1.54, 1.807) is 6.07 Å². The van der Waals surface area contributed by atoms with Gasteiger partial charge in [-0.25, -0.2) is 23.9 Å². The molecule has 0 aliphatic carbocycles. The van der Waals surface area contributed by atoms with Crippen LogP contribution in [0.2, 0.25) is 0 Å². The number of fused-ring (bicyclic) bond motifs is 1. The molecule has 1 N–H and O–H groups in total. The Morgan fingerprint density at radius 3 is 2.32 bits per heavy atom. The van der Waals surface area contributed by atoms with E-state index in [0.29, 0.717) is 11.4 Å². The van der Waals surface area contributed by atoms with Crippen molar-refractivity contribution in [3.8, 4) is 11.4 Å². The molecule has 28 heavy (non-hydrogen) atoms. The lowest BCUT2D eigenvalue weighted by atomic mass is 9.87. The van der Waals surface area contributed by atoms with Crippen LogP contribution in [0.4, 0.5) is 0 Å². The van der Waals surface area contributed by atoms with Crippen LogP contribution in [0.5, 0.6) is 0 Å². The second-order valence-corrected chi connectivity index (χ2v) is 8.64. The topological polar surface area (TPSA) is 59.8 Å². The van der Waals surface area contributed by atoms with Crippen LogP contribution < -0.4 is 11.4 Å². The number of halogens is 1. The van der Waals surface area contributed by atoms with Gasteiger partial charge in [0, 0.05) is 9.86 Å². The highest BCUT2D eigenvalue weighted by Crippen LogP contribution is 2.28. The van der Waals surface area contributed by atoms with Crippen LogP contribution in [-0.4, -0.2) is 14.3 Å². The minimum absolute atomic E-state index is 0.0651. The summed E-state index contributed by atoms with van der Waals surface area (Å²) in [7, 11) is 0. The molecule has 0 aliphatic heterocycles. The first-order valence-electron chi connectivity index (χ1n) is 9.00. The van der Waals surface area contributed by atoms with Crippen LogP contribution in [-0.2, 0) is 5.41 Å². The molecule has 0 atom stereocenters. The van der Waals surface area contributed by atoms with Crippen molar-refractivity contribution >= 4 is 26.7 Å². The fraction of sp³-hybridized carbons (Fsp3) is 0.182. The summed E-state index contributed by atoms with van der Waals surface area (Å²) in [6.45, 7) is 6.32. The quantitative estimate of drug-likeness (QED) is 0.500. The van der Waals surface area contributed by atoms with E-state index < -0.39 is 11.4 Å². The van der Waals surface area contributed by atoms with Crippen molar-refractivity contribution in [1.29, 1.82) is 0 Å². The van der Waals surface area contributed by atoms with E-state index in [1.165, 1.54) is 9.25 Å². The van der Waals surface area contributed by atoms with Crippen molar-refractivity contribution < 1.29 is 0 Å². The first-order valence-corrected chi connectivity index (χ1v) is 9.79. The van der Waals surface area contributed by atoms with E-state index in [2.05, 4.69) is 41.8 Å². The van der Waals surface area contributed by atoms with Crippen molar-refractivity contribution in [2.75, 3.05) is 0 Å². The maximum atomic E-state index is 13.2. The van der Waals surface area contributed by atoms with Gasteiger partial charge in [-0.15, -0.1) is 0 Å². The zero-order valence-corrected chi connectivity index (χ0v) is 17.4. The predicted molar refractivity (Wildman–Crippen MR) is 116 cm³/mol. The summed E-state index contributed by atoms with van der Waals surface area (Å²) in [5.74, 6) is 0. The molecule has 4 aromatic rings. The van der Waals surface area contributed by atoms with E-state index in [1.807, 2.05) is 54.6 Å². The average molecular weight is 438 g/mol. The number of nitrogens with zero attached hydrogens (tertiary/aromatic N) is 2. The van der Waals surface area contributed by atoms with Gasteiger partial charge in [0.25, 0.3) is 0 Å². The number of hydrogen-bond donors (Lipinski definition) is 1. The van der Waals surface area contributed by atoms with Gasteiger partial charge in [0.2, 0.25) is 0 Å². The fourth-order valence-corrected chi connectivity index (χ4v) is 3.80. The molecule has 0 fully saturated rings. The first-order chi connectivity index (χ1) is 13.3. The highest BCUT2D eigenvalue weighted by molar-refractivity contribution is 9.10. The maximum absolute atomic E-state index is 13.2. The van der Waals surface area contributed by atoms with Gasteiger partial charge < -0.3 is 0 Å². The van der Waals surface area contributed by atoms with Crippen LogP contribution in [0, 0.1) is 0 Å². The van der Waals surface area contributed by atoms with Gasteiger partial charge in [-0.3, -0.25) is 0 Å². The van der Waals surface area contributed by atoms with Crippen molar-refractivity contribution in [3.63, 3.8) is 0 Å². The molecule has 142 valence electrons. The molecule has 1 aromatic heterocycles. The molecule has 0 amide bonds. The van der Waals surface area contributed by atoms with Gasteiger partial charge in [-0.1, -0.05) is 73.1 Å². The number of H-pyrrole nitrogens is 1. The monoisotopic (exact) mass is 437 g/mol. The molecule has 5 nitrogen and oxygen atoms in total. The smallest absolute Gasteiger partial charge is 0.246 e. The Bertz CT molecular complexity index is 1310. The second kappa shape index (κ2) is 6.63. The van der Waals surface area contributed by atoms with Gasteiger partial charge in [0.15, 0.2) is 0 Å². The predicted octanol–water partition coefficient (Wildman–Crippen LogP) is 4.53. The third kappa shape index (κ3) is 3.03. The lowest BCUT2D eigenvalue weighted by Crippen LogP contribution is -2.27. The largest absolute Gasteiger partial charge is 0.356 e. The van der Waals surface area contributed by atoms with Crippen molar-refractivity contribution in [3.05, 3.63) is 91.7 Å². The van der Waals surface area contributed by atoms with Crippen LogP contribution in [0.1, 0.15) is 26.3 Å². The lowest BCUT2D eigenvalue weighted by molar-refractivity contribution is 0.589. The Balaban J connectivity index is 1.95. The van der Waals surface area contributed by atoms with Crippen molar-refractivity contribution in [1.82, 2.24) is 14.3 Å². The zero-order valence-electron chi connectivity index (χ0n) is 15.9. The highest BCUT2D eigenvalue weighted by atomic mass is 79.9. The Kier molecular flexibility index (Phi) is 4.38. The molecule has 0 radical (unpaired) electrons. The molecular weight excluding hydrogens is 418 g/mol. The summed E-state index contributed by atoms with van der Waals surface area (Å²) in [6, 6.07) is 19.0. The third-order valence-electron chi connectivity index (χ3n) is 4.85. The number of nitrogens with one attached hydrogen (secondary N) is 1. The Labute approximate surface area is 170 Å². The molecule has 0 unspecified atom stereocenters. The van der Waals surface area contributed by atoms with Crippen LogP contribution >= 0.6 is 15.9 Å². The van der Waals surface area contributed by atoms with Gasteiger partial charge >= 0.3 is 11.4 Å². The number of benzene rings is 3. The van der Waals surface area contributed by atoms with Crippen LogP contribution in [0.25, 0.3) is 22.1 Å². The van der Waals surface area contributed by atoms with E-state index in [4.69, 9.17) is 0 Å². The SMILES string of the molecule is CC(C)(C)c1cccc(-n2[nH]c(=O)n(-c3ccc(Br)c4ccccc34)c2=O)c1. The third-order valence-corrected chi connectivity index (χ3v) is 5.54. The van der Waals surface area contributed by atoms with E-state index >= 15 is 0 Å². The second-order valence-electron chi connectivity index (χ2n) is 7.78.